The summed E-state index contributed by atoms with van der Waals surface area (Å²) in [7, 11) is 0. The van der Waals surface area contributed by atoms with E-state index >= 15 is 0 Å². The highest BCUT2D eigenvalue weighted by molar-refractivity contribution is 5.90. The number of benzene rings is 2. The molecule has 0 saturated carbocycles. The van der Waals surface area contributed by atoms with Gasteiger partial charge in [-0.3, -0.25) is 14.9 Å². The second kappa shape index (κ2) is 8.24. The number of ether oxygens (including phenoxy) is 3. The van der Waals surface area contributed by atoms with E-state index in [-0.39, 0.29) is 29.7 Å². The molecule has 154 valence electrons. The van der Waals surface area contributed by atoms with Crippen LogP contribution in [0.1, 0.15) is 16.7 Å². The first kappa shape index (κ1) is 19.4. The Labute approximate surface area is 171 Å². The molecule has 2 heterocycles. The normalized spacial score (nSPS) is 14.5. The maximum absolute atomic E-state index is 12.4. The molecular formula is C21H18N2O7. The summed E-state index contributed by atoms with van der Waals surface area (Å²) in [5, 5.41) is 11.3. The number of nitro groups is 1. The van der Waals surface area contributed by atoms with Gasteiger partial charge in [0, 0.05) is 19.2 Å². The third-order valence-corrected chi connectivity index (χ3v) is 4.94. The van der Waals surface area contributed by atoms with Gasteiger partial charge in [-0.25, -0.2) is 4.79 Å². The van der Waals surface area contributed by atoms with Crippen molar-refractivity contribution in [1.29, 1.82) is 0 Å². The lowest BCUT2D eigenvalue weighted by atomic mass is 10.00. The number of hydrogen-bond acceptors (Lipinski definition) is 7. The topological polar surface area (TPSA) is 108 Å². The van der Waals surface area contributed by atoms with Crippen LogP contribution in [0, 0.1) is 10.1 Å². The Kier molecular flexibility index (Phi) is 5.34. The Hall–Kier alpha value is -3.88. The molecule has 9 heteroatoms. The summed E-state index contributed by atoms with van der Waals surface area (Å²) >= 11 is 0. The predicted octanol–water partition coefficient (Wildman–Crippen LogP) is 2.46. The van der Waals surface area contributed by atoms with E-state index in [1.807, 2.05) is 24.3 Å². The third-order valence-electron chi connectivity index (χ3n) is 4.94. The predicted molar refractivity (Wildman–Crippen MR) is 105 cm³/mol. The minimum atomic E-state index is -0.771. The van der Waals surface area contributed by atoms with Crippen molar-refractivity contribution in [1.82, 2.24) is 4.90 Å². The van der Waals surface area contributed by atoms with Crippen molar-refractivity contribution >= 4 is 23.6 Å². The molecule has 2 aromatic rings. The largest absolute Gasteiger partial charge is 0.454 e. The highest BCUT2D eigenvalue weighted by Crippen LogP contribution is 2.38. The highest BCUT2D eigenvalue weighted by atomic mass is 16.7. The zero-order chi connectivity index (χ0) is 21.1. The van der Waals surface area contributed by atoms with Crippen LogP contribution in [0.15, 0.2) is 42.5 Å². The minimum absolute atomic E-state index is 0.0230. The Morgan fingerprint density at radius 2 is 1.90 bits per heavy atom. The fourth-order valence-corrected chi connectivity index (χ4v) is 3.38. The first-order valence-corrected chi connectivity index (χ1v) is 9.28. The third kappa shape index (κ3) is 4.09. The van der Waals surface area contributed by atoms with Crippen LogP contribution in [0.4, 0.5) is 5.69 Å². The van der Waals surface area contributed by atoms with Crippen LogP contribution in [-0.2, 0) is 27.3 Å². The Morgan fingerprint density at radius 1 is 1.17 bits per heavy atom. The van der Waals surface area contributed by atoms with Crippen molar-refractivity contribution in [3.05, 3.63) is 69.3 Å². The molecule has 0 aliphatic carbocycles. The van der Waals surface area contributed by atoms with Crippen LogP contribution in [0.2, 0.25) is 0 Å². The number of hydrogen-bond donors (Lipinski definition) is 0. The molecular weight excluding hydrogens is 392 g/mol. The maximum Gasteiger partial charge on any atom is 0.331 e. The second-order valence-corrected chi connectivity index (χ2v) is 6.80. The van der Waals surface area contributed by atoms with E-state index in [4.69, 9.17) is 14.2 Å². The number of carbonyl (C=O) groups excluding carboxylic acids is 2. The van der Waals surface area contributed by atoms with Crippen molar-refractivity contribution in [2.45, 2.75) is 13.0 Å². The standard InChI is InChI=1S/C21H18N2O7/c24-20(22-8-7-14-3-1-2-4-16(14)11-22)12-28-21(25)6-5-15-9-18-19(30-13-29-18)10-17(15)23(26)27/h1-6,9-10H,7-8,11-13H2/b6-5+. The molecule has 2 aliphatic heterocycles. The van der Waals surface area contributed by atoms with Crippen molar-refractivity contribution in [2.75, 3.05) is 19.9 Å². The van der Waals surface area contributed by atoms with Gasteiger partial charge in [0.05, 0.1) is 16.6 Å². The number of esters is 1. The monoisotopic (exact) mass is 410 g/mol. The zero-order valence-corrected chi connectivity index (χ0v) is 15.9. The summed E-state index contributed by atoms with van der Waals surface area (Å²) < 4.78 is 15.4. The van der Waals surface area contributed by atoms with Crippen LogP contribution in [-0.4, -0.2) is 41.6 Å². The van der Waals surface area contributed by atoms with Crippen molar-refractivity contribution in [3.8, 4) is 11.5 Å². The number of amides is 1. The Bertz CT molecular complexity index is 1050. The summed E-state index contributed by atoms with van der Waals surface area (Å²) in [4.78, 5) is 36.7. The molecule has 0 N–H and O–H groups in total. The lowest BCUT2D eigenvalue weighted by molar-refractivity contribution is -0.385. The quantitative estimate of drug-likeness (QED) is 0.322. The van der Waals surface area contributed by atoms with Gasteiger partial charge in [-0.05, 0) is 29.7 Å². The van der Waals surface area contributed by atoms with Gasteiger partial charge >= 0.3 is 5.97 Å². The van der Waals surface area contributed by atoms with Crippen molar-refractivity contribution < 1.29 is 28.7 Å². The number of rotatable bonds is 5. The number of nitrogens with zero attached hydrogens (tertiary/aromatic N) is 2. The lowest BCUT2D eigenvalue weighted by Crippen LogP contribution is -2.38. The average molecular weight is 410 g/mol. The van der Waals surface area contributed by atoms with Gasteiger partial charge in [0.15, 0.2) is 18.1 Å². The minimum Gasteiger partial charge on any atom is -0.454 e. The van der Waals surface area contributed by atoms with Crippen LogP contribution in [0.5, 0.6) is 11.5 Å². The molecule has 9 nitrogen and oxygen atoms in total. The molecule has 0 spiro atoms. The molecule has 4 rings (SSSR count). The van der Waals surface area contributed by atoms with Gasteiger partial charge in [-0.1, -0.05) is 24.3 Å². The fraction of sp³-hybridized carbons (Fsp3) is 0.238. The van der Waals surface area contributed by atoms with Gasteiger partial charge in [0.25, 0.3) is 11.6 Å². The second-order valence-electron chi connectivity index (χ2n) is 6.80. The maximum atomic E-state index is 12.4. The number of carbonyl (C=O) groups is 2. The van der Waals surface area contributed by atoms with Gasteiger partial charge in [-0.15, -0.1) is 0 Å². The van der Waals surface area contributed by atoms with Crippen molar-refractivity contribution in [2.24, 2.45) is 0 Å². The van der Waals surface area contributed by atoms with Gasteiger partial charge in [0.1, 0.15) is 0 Å². The highest BCUT2D eigenvalue weighted by Gasteiger charge is 2.23. The molecule has 0 fully saturated rings. The summed E-state index contributed by atoms with van der Waals surface area (Å²) in [6.45, 7) is 0.623. The van der Waals surface area contributed by atoms with Crippen LogP contribution in [0.25, 0.3) is 6.08 Å². The van der Waals surface area contributed by atoms with Crippen LogP contribution < -0.4 is 9.47 Å². The van der Waals surface area contributed by atoms with Crippen LogP contribution >= 0.6 is 0 Å². The zero-order valence-electron chi connectivity index (χ0n) is 15.9. The van der Waals surface area contributed by atoms with E-state index in [0.29, 0.717) is 18.8 Å². The van der Waals surface area contributed by atoms with Gasteiger partial charge in [-0.2, -0.15) is 0 Å². The number of fused-ring (bicyclic) bond motifs is 2. The SMILES string of the molecule is O=C(/C=C/c1cc2c(cc1[N+](=O)[O-])OCO2)OCC(=O)N1CCc2ccccc2C1. The summed E-state index contributed by atoms with van der Waals surface area (Å²) in [6, 6.07) is 10.6. The smallest absolute Gasteiger partial charge is 0.331 e. The van der Waals surface area contributed by atoms with Gasteiger partial charge < -0.3 is 19.1 Å². The molecule has 2 aromatic carbocycles. The average Bonchev–Trinajstić information content (AvgIpc) is 3.22. The molecule has 2 aliphatic rings. The molecule has 30 heavy (non-hydrogen) atoms. The molecule has 0 aromatic heterocycles. The molecule has 0 unspecified atom stereocenters. The number of nitro benzene ring substituents is 1. The molecule has 0 bridgehead atoms. The first-order valence-electron chi connectivity index (χ1n) is 9.28. The Balaban J connectivity index is 1.36. The van der Waals surface area contributed by atoms with E-state index in [1.54, 1.807) is 4.90 Å². The molecule has 0 radical (unpaired) electrons. The van der Waals surface area contributed by atoms with E-state index in [0.717, 1.165) is 18.1 Å². The summed E-state index contributed by atoms with van der Waals surface area (Å²) in [5.41, 5.74) is 2.23. The fourth-order valence-electron chi connectivity index (χ4n) is 3.38. The lowest BCUT2D eigenvalue weighted by Gasteiger charge is -2.28. The summed E-state index contributed by atoms with van der Waals surface area (Å²) in [6.07, 6.45) is 3.05. The van der Waals surface area contributed by atoms with E-state index < -0.39 is 17.5 Å². The van der Waals surface area contributed by atoms with E-state index in [1.165, 1.54) is 23.8 Å². The molecule has 0 atom stereocenters. The molecule has 1 amide bonds. The van der Waals surface area contributed by atoms with Gasteiger partial charge in [0.2, 0.25) is 6.79 Å². The van der Waals surface area contributed by atoms with Crippen molar-refractivity contribution in [3.63, 3.8) is 0 Å². The van der Waals surface area contributed by atoms with E-state index in [2.05, 4.69) is 0 Å². The molecule has 0 saturated heterocycles. The first-order chi connectivity index (χ1) is 14.5. The Morgan fingerprint density at radius 3 is 2.67 bits per heavy atom. The summed E-state index contributed by atoms with van der Waals surface area (Å²) in [5.74, 6) is -0.433. The van der Waals surface area contributed by atoms with E-state index in [9.17, 15) is 19.7 Å². The van der Waals surface area contributed by atoms with Crippen LogP contribution in [0.3, 0.4) is 0 Å².